The molecule has 3 nitrogen and oxygen atoms in total. The van der Waals surface area contributed by atoms with Gasteiger partial charge in [-0.2, -0.15) is 18.4 Å². The van der Waals surface area contributed by atoms with E-state index in [2.05, 4.69) is 10.3 Å². The molecule has 7 heteroatoms. The van der Waals surface area contributed by atoms with Crippen molar-refractivity contribution in [1.82, 2.24) is 4.98 Å². The normalized spacial score (nSPS) is 11.2. The second-order valence-corrected chi connectivity index (χ2v) is 5.35. The molecule has 0 radical (unpaired) electrons. The number of anilines is 1. The Morgan fingerprint density at radius 3 is 2.71 bits per heavy atom. The number of nitrogens with one attached hydrogen (secondary N) is 1. The van der Waals surface area contributed by atoms with E-state index in [-0.39, 0.29) is 5.56 Å². The Morgan fingerprint density at radius 2 is 2.14 bits per heavy atom. The third-order valence-electron chi connectivity index (χ3n) is 2.98. The fourth-order valence-corrected chi connectivity index (χ4v) is 2.63. The summed E-state index contributed by atoms with van der Waals surface area (Å²) in [5.74, 6) is 0. The van der Waals surface area contributed by atoms with Gasteiger partial charge >= 0.3 is 6.18 Å². The molecule has 0 spiro atoms. The van der Waals surface area contributed by atoms with Crippen LogP contribution >= 0.6 is 11.3 Å². The lowest BCUT2D eigenvalue weighted by Gasteiger charge is -2.11. The first kappa shape index (κ1) is 15.3. The number of alkyl halides is 3. The quantitative estimate of drug-likeness (QED) is 0.928. The minimum absolute atomic E-state index is 0.00847. The van der Waals surface area contributed by atoms with Crippen molar-refractivity contribution in [2.24, 2.45) is 0 Å². The van der Waals surface area contributed by atoms with Gasteiger partial charge in [-0.25, -0.2) is 4.98 Å². The highest BCUT2D eigenvalue weighted by Crippen LogP contribution is 2.31. The fraction of sp³-hybridized carbons (Fsp3) is 0.286. The Hall–Kier alpha value is -2.07. The number of aryl methyl sites for hydroxylation is 1. The molecule has 0 atom stereocenters. The summed E-state index contributed by atoms with van der Waals surface area (Å²) in [6, 6.07) is 4.92. The zero-order chi connectivity index (χ0) is 15.5. The van der Waals surface area contributed by atoms with E-state index in [9.17, 15) is 13.2 Å². The summed E-state index contributed by atoms with van der Waals surface area (Å²) in [4.78, 5) is 5.25. The standard InChI is InChI=1S/C14H12F3N3S/c1-9-13(21-8-20-9)4-5-19-12-3-2-11(14(15,16)17)6-10(12)7-18/h2-3,6,8,19H,4-5H2,1H3. The third-order valence-corrected chi connectivity index (χ3v) is 3.97. The lowest BCUT2D eigenvalue weighted by atomic mass is 10.1. The molecule has 2 aromatic rings. The van der Waals surface area contributed by atoms with E-state index < -0.39 is 11.7 Å². The molecule has 0 amide bonds. The summed E-state index contributed by atoms with van der Waals surface area (Å²) >= 11 is 1.54. The minimum atomic E-state index is -4.44. The first-order valence-electron chi connectivity index (χ1n) is 6.16. The van der Waals surface area contributed by atoms with E-state index in [1.165, 1.54) is 17.4 Å². The molecule has 110 valence electrons. The molecule has 1 aromatic carbocycles. The first-order valence-corrected chi connectivity index (χ1v) is 7.04. The lowest BCUT2D eigenvalue weighted by molar-refractivity contribution is -0.137. The van der Waals surface area contributed by atoms with Crippen molar-refractivity contribution in [2.45, 2.75) is 19.5 Å². The van der Waals surface area contributed by atoms with Gasteiger partial charge in [0.15, 0.2) is 0 Å². The van der Waals surface area contributed by atoms with Crippen LogP contribution in [0.5, 0.6) is 0 Å². The Labute approximate surface area is 124 Å². The van der Waals surface area contributed by atoms with Crippen LogP contribution in [0.3, 0.4) is 0 Å². The molecular formula is C14H12F3N3S. The average molecular weight is 311 g/mol. The van der Waals surface area contributed by atoms with Gasteiger partial charge in [-0.3, -0.25) is 0 Å². The number of halogens is 3. The topological polar surface area (TPSA) is 48.7 Å². The number of aromatic nitrogens is 1. The second-order valence-electron chi connectivity index (χ2n) is 4.41. The van der Waals surface area contributed by atoms with Gasteiger partial charge < -0.3 is 5.32 Å². The zero-order valence-corrected chi connectivity index (χ0v) is 12.0. The van der Waals surface area contributed by atoms with Gasteiger partial charge in [0.2, 0.25) is 0 Å². The minimum Gasteiger partial charge on any atom is -0.384 e. The first-order chi connectivity index (χ1) is 9.91. The van der Waals surface area contributed by atoms with Crippen molar-refractivity contribution in [2.75, 3.05) is 11.9 Å². The highest BCUT2D eigenvalue weighted by Gasteiger charge is 2.31. The predicted molar refractivity (Wildman–Crippen MR) is 75.2 cm³/mol. The van der Waals surface area contributed by atoms with E-state index in [0.29, 0.717) is 18.7 Å². The Morgan fingerprint density at radius 1 is 1.38 bits per heavy atom. The number of nitriles is 1. The van der Waals surface area contributed by atoms with Crippen LogP contribution in [0.2, 0.25) is 0 Å². The molecule has 0 bridgehead atoms. The highest BCUT2D eigenvalue weighted by atomic mass is 32.1. The summed E-state index contributed by atoms with van der Waals surface area (Å²) < 4.78 is 37.7. The summed E-state index contributed by atoms with van der Waals surface area (Å²) in [6.07, 6.45) is -3.73. The molecule has 0 aliphatic heterocycles. The van der Waals surface area contributed by atoms with Crippen molar-refractivity contribution in [3.05, 3.63) is 45.4 Å². The van der Waals surface area contributed by atoms with Crippen molar-refractivity contribution in [1.29, 1.82) is 5.26 Å². The molecule has 0 aliphatic rings. The molecule has 0 unspecified atom stereocenters. The highest BCUT2D eigenvalue weighted by molar-refractivity contribution is 7.09. The molecule has 0 fully saturated rings. The van der Waals surface area contributed by atoms with Crippen LogP contribution in [-0.2, 0) is 12.6 Å². The number of hydrogen-bond donors (Lipinski definition) is 1. The van der Waals surface area contributed by atoms with Crippen LogP contribution < -0.4 is 5.32 Å². The van der Waals surface area contributed by atoms with Crippen molar-refractivity contribution in [3.63, 3.8) is 0 Å². The van der Waals surface area contributed by atoms with Crippen LogP contribution in [-0.4, -0.2) is 11.5 Å². The van der Waals surface area contributed by atoms with Gasteiger partial charge in [-0.1, -0.05) is 0 Å². The van der Waals surface area contributed by atoms with Crippen LogP contribution in [0.4, 0.5) is 18.9 Å². The number of rotatable bonds is 4. The molecular weight excluding hydrogens is 299 g/mol. The third kappa shape index (κ3) is 3.73. The van der Waals surface area contributed by atoms with Crippen molar-refractivity contribution >= 4 is 17.0 Å². The molecule has 1 N–H and O–H groups in total. The van der Waals surface area contributed by atoms with Gasteiger partial charge in [-0.05, 0) is 25.1 Å². The largest absolute Gasteiger partial charge is 0.416 e. The Bertz CT molecular complexity index is 671. The van der Waals surface area contributed by atoms with Gasteiger partial charge in [0, 0.05) is 17.8 Å². The Balaban J connectivity index is 2.07. The number of thiazole rings is 1. The second kappa shape index (κ2) is 6.14. The predicted octanol–water partition coefficient (Wildman–Crippen LogP) is 4.00. The zero-order valence-electron chi connectivity index (χ0n) is 11.2. The molecule has 1 heterocycles. The van der Waals surface area contributed by atoms with E-state index in [4.69, 9.17) is 5.26 Å². The van der Waals surface area contributed by atoms with Crippen molar-refractivity contribution in [3.8, 4) is 6.07 Å². The molecule has 0 saturated carbocycles. The maximum absolute atomic E-state index is 12.6. The molecule has 0 saturated heterocycles. The lowest BCUT2D eigenvalue weighted by Crippen LogP contribution is -2.09. The van der Waals surface area contributed by atoms with Gasteiger partial charge in [0.25, 0.3) is 0 Å². The monoisotopic (exact) mass is 311 g/mol. The van der Waals surface area contributed by atoms with Crippen LogP contribution in [0.15, 0.2) is 23.7 Å². The molecule has 21 heavy (non-hydrogen) atoms. The van der Waals surface area contributed by atoms with Crippen LogP contribution in [0.25, 0.3) is 0 Å². The van der Waals surface area contributed by atoms with Gasteiger partial charge in [0.1, 0.15) is 6.07 Å². The molecule has 1 aromatic heterocycles. The van der Waals surface area contributed by atoms with Crippen LogP contribution in [0, 0.1) is 18.3 Å². The summed E-state index contributed by atoms with van der Waals surface area (Å²) in [7, 11) is 0. The maximum Gasteiger partial charge on any atom is 0.416 e. The molecule has 0 aliphatic carbocycles. The number of hydrogen-bond acceptors (Lipinski definition) is 4. The van der Waals surface area contributed by atoms with E-state index in [0.717, 1.165) is 22.7 Å². The summed E-state index contributed by atoms with van der Waals surface area (Å²) in [5, 5.41) is 12.0. The van der Waals surface area contributed by atoms with E-state index >= 15 is 0 Å². The van der Waals surface area contributed by atoms with Gasteiger partial charge in [0.05, 0.1) is 28.0 Å². The fourth-order valence-electron chi connectivity index (χ4n) is 1.84. The smallest absolute Gasteiger partial charge is 0.384 e. The SMILES string of the molecule is Cc1ncsc1CCNc1ccc(C(F)(F)F)cc1C#N. The summed E-state index contributed by atoms with van der Waals surface area (Å²) in [5.41, 5.74) is 2.29. The van der Waals surface area contributed by atoms with Crippen LogP contribution in [0.1, 0.15) is 21.7 Å². The van der Waals surface area contributed by atoms with E-state index in [1.54, 1.807) is 11.6 Å². The number of nitrogens with zero attached hydrogens (tertiary/aromatic N) is 2. The van der Waals surface area contributed by atoms with Gasteiger partial charge in [-0.15, -0.1) is 11.3 Å². The molecule has 2 rings (SSSR count). The van der Waals surface area contributed by atoms with E-state index in [1.807, 2.05) is 6.92 Å². The maximum atomic E-state index is 12.6. The summed E-state index contributed by atoms with van der Waals surface area (Å²) in [6.45, 7) is 2.44. The number of benzene rings is 1. The van der Waals surface area contributed by atoms with Crippen molar-refractivity contribution < 1.29 is 13.2 Å². The Kier molecular flexibility index (Phi) is 4.48. The average Bonchev–Trinajstić information content (AvgIpc) is 2.83.